The number of hydrogen-bond acceptors (Lipinski definition) is 4. The SMILES string of the molecule is N#Cc1cccc(C(=O)/C=C\c2cccc(/C=C/C(=O)c3cccc(C#N)c3)c2)c1. The Bertz CT molecular complexity index is 1160. The molecule has 4 heteroatoms. The maximum Gasteiger partial charge on any atom is 0.185 e. The lowest BCUT2D eigenvalue weighted by Crippen LogP contribution is -1.95. The number of nitriles is 2. The molecule has 30 heavy (non-hydrogen) atoms. The largest absolute Gasteiger partial charge is 0.289 e. The molecular weight excluding hydrogens is 372 g/mol. The molecule has 0 aliphatic rings. The zero-order valence-electron chi connectivity index (χ0n) is 15.9. The average Bonchev–Trinajstić information content (AvgIpc) is 2.81. The average molecular weight is 388 g/mol. The highest BCUT2D eigenvalue weighted by molar-refractivity contribution is 6.07. The van der Waals surface area contributed by atoms with Crippen LogP contribution in [0, 0.1) is 22.7 Å². The molecule has 142 valence electrons. The molecule has 4 nitrogen and oxygen atoms in total. The normalized spacial score (nSPS) is 10.6. The second kappa shape index (κ2) is 9.59. The molecule has 0 aliphatic carbocycles. The maximum atomic E-state index is 12.3. The van der Waals surface area contributed by atoms with E-state index < -0.39 is 0 Å². The molecule has 0 atom stereocenters. The van der Waals surface area contributed by atoms with E-state index in [1.807, 2.05) is 36.4 Å². The fraction of sp³-hybridized carbons (Fsp3) is 0. The summed E-state index contributed by atoms with van der Waals surface area (Å²) < 4.78 is 0. The van der Waals surface area contributed by atoms with Gasteiger partial charge in [-0.05, 0) is 53.6 Å². The molecule has 0 fully saturated rings. The van der Waals surface area contributed by atoms with Crippen LogP contribution in [0.15, 0.2) is 84.9 Å². The van der Waals surface area contributed by atoms with E-state index in [4.69, 9.17) is 10.5 Å². The Labute approximate surface area is 174 Å². The van der Waals surface area contributed by atoms with E-state index in [2.05, 4.69) is 0 Å². The summed E-state index contributed by atoms with van der Waals surface area (Å²) in [6.07, 6.45) is 6.30. The predicted molar refractivity (Wildman–Crippen MR) is 115 cm³/mol. The molecule has 3 aromatic rings. The quantitative estimate of drug-likeness (QED) is 0.428. The molecule has 3 rings (SSSR count). The predicted octanol–water partition coefficient (Wildman–Crippen LogP) is 5.22. The van der Waals surface area contributed by atoms with E-state index in [1.165, 1.54) is 12.2 Å². The minimum atomic E-state index is -0.194. The Morgan fingerprint density at radius 3 is 1.50 bits per heavy atom. The minimum Gasteiger partial charge on any atom is -0.289 e. The second-order valence-electron chi connectivity index (χ2n) is 6.45. The standard InChI is InChI=1S/C26H16N2O2/c27-17-21-6-2-8-23(15-21)25(29)12-10-19-4-1-5-20(14-19)11-13-26(30)24-9-3-7-22(16-24)18-28/h1-16H/b12-10-,13-11+. The Morgan fingerprint density at radius 1 is 0.633 bits per heavy atom. The molecule has 3 aromatic carbocycles. The summed E-state index contributed by atoms with van der Waals surface area (Å²) in [5, 5.41) is 17.9. The van der Waals surface area contributed by atoms with Gasteiger partial charge in [0.2, 0.25) is 0 Å². The van der Waals surface area contributed by atoms with Crippen LogP contribution in [0.1, 0.15) is 43.0 Å². The number of hydrogen-bond donors (Lipinski definition) is 0. The first-order valence-corrected chi connectivity index (χ1v) is 9.14. The van der Waals surface area contributed by atoms with Crippen molar-refractivity contribution in [2.75, 3.05) is 0 Å². The van der Waals surface area contributed by atoms with Crippen molar-refractivity contribution in [1.82, 2.24) is 0 Å². The summed E-state index contributed by atoms with van der Waals surface area (Å²) in [5.74, 6) is -0.388. The first kappa shape index (κ1) is 20.2. The lowest BCUT2D eigenvalue weighted by atomic mass is 10.0. The van der Waals surface area contributed by atoms with Gasteiger partial charge in [-0.25, -0.2) is 0 Å². The van der Waals surface area contributed by atoms with Gasteiger partial charge in [0.15, 0.2) is 11.6 Å². The number of nitrogens with zero attached hydrogens (tertiary/aromatic N) is 2. The highest BCUT2D eigenvalue weighted by Gasteiger charge is 2.04. The first-order valence-electron chi connectivity index (χ1n) is 9.14. The van der Waals surface area contributed by atoms with E-state index in [0.717, 1.165) is 11.1 Å². The number of benzene rings is 3. The van der Waals surface area contributed by atoms with E-state index >= 15 is 0 Å². The van der Waals surface area contributed by atoms with Crippen molar-refractivity contribution in [3.05, 3.63) is 118 Å². The van der Waals surface area contributed by atoms with Crippen LogP contribution in [0.25, 0.3) is 12.2 Å². The number of ketones is 2. The first-order chi connectivity index (χ1) is 14.6. The number of rotatable bonds is 6. The zero-order chi connectivity index (χ0) is 21.3. The maximum absolute atomic E-state index is 12.3. The molecule has 0 radical (unpaired) electrons. The smallest absolute Gasteiger partial charge is 0.185 e. The monoisotopic (exact) mass is 388 g/mol. The van der Waals surface area contributed by atoms with Crippen LogP contribution < -0.4 is 0 Å². The Kier molecular flexibility index (Phi) is 6.46. The van der Waals surface area contributed by atoms with E-state index in [1.54, 1.807) is 60.7 Å². The van der Waals surface area contributed by atoms with Gasteiger partial charge in [0.05, 0.1) is 23.3 Å². The van der Waals surface area contributed by atoms with Crippen molar-refractivity contribution in [3.8, 4) is 12.1 Å². The minimum absolute atomic E-state index is 0.194. The number of allylic oxidation sites excluding steroid dienone is 2. The molecule has 0 N–H and O–H groups in total. The fourth-order valence-corrected chi connectivity index (χ4v) is 2.79. The van der Waals surface area contributed by atoms with Crippen LogP contribution in [0.2, 0.25) is 0 Å². The van der Waals surface area contributed by atoms with Crippen molar-refractivity contribution in [2.24, 2.45) is 0 Å². The third kappa shape index (κ3) is 5.25. The van der Waals surface area contributed by atoms with Gasteiger partial charge in [-0.15, -0.1) is 0 Å². The van der Waals surface area contributed by atoms with Gasteiger partial charge >= 0.3 is 0 Å². The highest BCUT2D eigenvalue weighted by atomic mass is 16.1. The molecule has 0 heterocycles. The van der Waals surface area contributed by atoms with Crippen LogP contribution in [-0.4, -0.2) is 11.6 Å². The zero-order valence-corrected chi connectivity index (χ0v) is 15.9. The van der Waals surface area contributed by atoms with Crippen LogP contribution in [0.5, 0.6) is 0 Å². The molecule has 0 saturated carbocycles. The fourth-order valence-electron chi connectivity index (χ4n) is 2.79. The van der Waals surface area contributed by atoms with Gasteiger partial charge in [-0.3, -0.25) is 9.59 Å². The van der Waals surface area contributed by atoms with Gasteiger partial charge in [-0.2, -0.15) is 10.5 Å². The van der Waals surface area contributed by atoms with E-state index in [-0.39, 0.29) is 11.6 Å². The van der Waals surface area contributed by atoms with Gasteiger partial charge < -0.3 is 0 Å². The number of carbonyl (C=O) groups excluding carboxylic acids is 2. The van der Waals surface area contributed by atoms with Crippen molar-refractivity contribution in [2.45, 2.75) is 0 Å². The third-order valence-electron chi connectivity index (χ3n) is 4.32. The highest BCUT2D eigenvalue weighted by Crippen LogP contribution is 2.12. The van der Waals surface area contributed by atoms with Crippen LogP contribution in [0.3, 0.4) is 0 Å². The Morgan fingerprint density at radius 2 is 1.07 bits per heavy atom. The summed E-state index contributed by atoms with van der Waals surface area (Å²) in [4.78, 5) is 24.6. The van der Waals surface area contributed by atoms with E-state index in [9.17, 15) is 9.59 Å². The molecule has 0 unspecified atom stereocenters. The summed E-state index contributed by atoms with van der Waals surface area (Å²) in [6.45, 7) is 0. The molecule has 0 aromatic heterocycles. The van der Waals surface area contributed by atoms with Crippen molar-refractivity contribution in [1.29, 1.82) is 10.5 Å². The van der Waals surface area contributed by atoms with Gasteiger partial charge in [-0.1, -0.05) is 54.6 Å². The summed E-state index contributed by atoms with van der Waals surface area (Å²) in [6, 6.07) is 24.5. The lowest BCUT2D eigenvalue weighted by molar-refractivity contribution is 0.103. The molecular formula is C26H16N2O2. The van der Waals surface area contributed by atoms with Crippen molar-refractivity contribution < 1.29 is 9.59 Å². The summed E-state index contributed by atoms with van der Waals surface area (Å²) >= 11 is 0. The van der Waals surface area contributed by atoms with Gasteiger partial charge in [0.1, 0.15) is 0 Å². The Hall–Kier alpha value is -4.54. The van der Waals surface area contributed by atoms with Gasteiger partial charge in [0, 0.05) is 11.1 Å². The second-order valence-corrected chi connectivity index (χ2v) is 6.45. The molecule has 0 bridgehead atoms. The number of carbonyl (C=O) groups is 2. The summed E-state index contributed by atoms with van der Waals surface area (Å²) in [7, 11) is 0. The van der Waals surface area contributed by atoms with Gasteiger partial charge in [0.25, 0.3) is 0 Å². The Balaban J connectivity index is 1.72. The molecule has 0 aliphatic heterocycles. The van der Waals surface area contributed by atoms with Crippen LogP contribution in [-0.2, 0) is 0 Å². The summed E-state index contributed by atoms with van der Waals surface area (Å²) in [5.41, 5.74) is 3.39. The molecule has 0 saturated heterocycles. The topological polar surface area (TPSA) is 81.7 Å². The van der Waals surface area contributed by atoms with Crippen LogP contribution in [0.4, 0.5) is 0 Å². The van der Waals surface area contributed by atoms with E-state index in [0.29, 0.717) is 22.3 Å². The molecule has 0 amide bonds. The lowest BCUT2D eigenvalue weighted by Gasteiger charge is -1.99. The molecule has 0 spiro atoms. The van der Waals surface area contributed by atoms with Crippen LogP contribution >= 0.6 is 0 Å². The van der Waals surface area contributed by atoms with Crippen molar-refractivity contribution in [3.63, 3.8) is 0 Å². The van der Waals surface area contributed by atoms with Crippen molar-refractivity contribution >= 4 is 23.7 Å². The third-order valence-corrected chi connectivity index (χ3v) is 4.32.